The van der Waals surface area contributed by atoms with Gasteiger partial charge < -0.3 is 16.4 Å². The number of hydrogen-bond acceptors (Lipinski definition) is 5. The monoisotopic (exact) mass is 460 g/mol. The Morgan fingerprint density at radius 1 is 1.26 bits per heavy atom. The number of imide groups is 1. The minimum absolute atomic E-state index is 0.306. The summed E-state index contributed by atoms with van der Waals surface area (Å²) in [4.78, 5) is 52.3. The normalized spacial score (nSPS) is 20.0. The zero-order valence-corrected chi connectivity index (χ0v) is 18.4. The van der Waals surface area contributed by atoms with E-state index < -0.39 is 35.8 Å². The molecular formula is C21H21ClN4O4S. The van der Waals surface area contributed by atoms with Crippen molar-refractivity contribution < 1.29 is 19.2 Å². The number of halogens is 1. The van der Waals surface area contributed by atoms with Gasteiger partial charge in [0.1, 0.15) is 17.1 Å². The third-order valence-electron chi connectivity index (χ3n) is 5.77. The summed E-state index contributed by atoms with van der Waals surface area (Å²) in [5.41, 5.74) is 6.06. The summed E-state index contributed by atoms with van der Waals surface area (Å²) in [5.74, 6) is -1.69. The van der Waals surface area contributed by atoms with E-state index in [4.69, 9.17) is 17.3 Å². The minimum atomic E-state index is -1.26. The predicted molar refractivity (Wildman–Crippen MR) is 117 cm³/mol. The molecule has 1 aromatic carbocycles. The lowest BCUT2D eigenvalue weighted by atomic mass is 9.87. The molecule has 1 aromatic heterocycles. The number of thiophene rings is 1. The second-order valence-electron chi connectivity index (χ2n) is 7.56. The maximum atomic E-state index is 13.2. The molecule has 162 valence electrons. The maximum Gasteiger partial charge on any atom is 0.325 e. The molecule has 0 spiro atoms. The Morgan fingerprint density at radius 2 is 1.97 bits per heavy atom. The van der Waals surface area contributed by atoms with Crippen molar-refractivity contribution in [2.45, 2.75) is 38.1 Å². The molecule has 2 aromatic rings. The van der Waals surface area contributed by atoms with Gasteiger partial charge in [-0.25, -0.2) is 4.79 Å². The number of carbonyl (C=O) groups excluding carboxylic acids is 4. The summed E-state index contributed by atoms with van der Waals surface area (Å²) in [6.45, 7) is 1.31. The molecular weight excluding hydrogens is 440 g/mol. The largest absolute Gasteiger partial charge is 0.365 e. The Labute approximate surface area is 187 Å². The van der Waals surface area contributed by atoms with Crippen LogP contribution in [0.4, 0.5) is 9.80 Å². The number of hydrogen-bond donors (Lipinski definition) is 3. The molecule has 5 amide bonds. The Kier molecular flexibility index (Phi) is 5.49. The third-order valence-corrected chi connectivity index (χ3v) is 7.22. The van der Waals surface area contributed by atoms with E-state index in [1.165, 1.54) is 11.3 Å². The number of benzene rings is 1. The molecule has 4 rings (SSSR count). The van der Waals surface area contributed by atoms with E-state index in [0.29, 0.717) is 27.6 Å². The molecule has 0 bridgehead atoms. The van der Waals surface area contributed by atoms with Crippen LogP contribution in [0.5, 0.6) is 0 Å². The van der Waals surface area contributed by atoms with Gasteiger partial charge in [-0.3, -0.25) is 19.3 Å². The van der Waals surface area contributed by atoms with Crippen molar-refractivity contribution in [2.75, 3.05) is 11.9 Å². The molecule has 1 aliphatic heterocycles. The highest BCUT2D eigenvalue weighted by molar-refractivity contribution is 7.17. The van der Waals surface area contributed by atoms with Gasteiger partial charge in [0, 0.05) is 9.90 Å². The van der Waals surface area contributed by atoms with Gasteiger partial charge >= 0.3 is 6.03 Å². The Bertz CT molecular complexity index is 1100. The second kappa shape index (κ2) is 7.97. The van der Waals surface area contributed by atoms with E-state index >= 15 is 0 Å². The molecule has 2 aliphatic rings. The lowest BCUT2D eigenvalue weighted by Gasteiger charge is -2.25. The van der Waals surface area contributed by atoms with Gasteiger partial charge in [0.25, 0.3) is 11.8 Å². The van der Waals surface area contributed by atoms with E-state index in [1.807, 2.05) is 0 Å². The minimum Gasteiger partial charge on any atom is -0.365 e. The molecule has 10 heteroatoms. The quantitative estimate of drug-likeness (QED) is 0.573. The van der Waals surface area contributed by atoms with Crippen LogP contribution in [-0.2, 0) is 28.0 Å². The highest BCUT2D eigenvalue weighted by atomic mass is 35.5. The average molecular weight is 461 g/mol. The van der Waals surface area contributed by atoms with Crippen LogP contribution in [0.15, 0.2) is 24.3 Å². The van der Waals surface area contributed by atoms with Gasteiger partial charge in [-0.2, -0.15) is 0 Å². The van der Waals surface area contributed by atoms with Crippen molar-refractivity contribution in [3.8, 4) is 0 Å². The first-order valence-corrected chi connectivity index (χ1v) is 11.1. The van der Waals surface area contributed by atoms with Crippen LogP contribution in [0, 0.1) is 0 Å². The Hall–Kier alpha value is -2.91. The molecule has 1 fully saturated rings. The number of anilines is 1. The van der Waals surface area contributed by atoms with E-state index in [-0.39, 0.29) is 0 Å². The van der Waals surface area contributed by atoms with Crippen LogP contribution in [0.3, 0.4) is 0 Å². The van der Waals surface area contributed by atoms with Crippen molar-refractivity contribution in [1.29, 1.82) is 0 Å². The first-order chi connectivity index (χ1) is 14.8. The Balaban J connectivity index is 1.54. The van der Waals surface area contributed by atoms with Gasteiger partial charge in [-0.1, -0.05) is 30.7 Å². The van der Waals surface area contributed by atoms with Gasteiger partial charge in [0.05, 0.1) is 5.56 Å². The lowest BCUT2D eigenvalue weighted by molar-refractivity contribution is -0.134. The fraction of sp³-hybridized carbons (Fsp3) is 0.333. The summed E-state index contributed by atoms with van der Waals surface area (Å²) in [6.07, 6.45) is 2.83. The lowest BCUT2D eigenvalue weighted by Crippen LogP contribution is -2.44. The molecule has 8 nitrogen and oxygen atoms in total. The van der Waals surface area contributed by atoms with Gasteiger partial charge in [0.15, 0.2) is 0 Å². The number of nitrogens with zero attached hydrogens (tertiary/aromatic N) is 1. The number of carbonyl (C=O) groups is 4. The second-order valence-corrected chi connectivity index (χ2v) is 9.10. The smallest absolute Gasteiger partial charge is 0.325 e. The van der Waals surface area contributed by atoms with Crippen molar-refractivity contribution in [1.82, 2.24) is 10.2 Å². The van der Waals surface area contributed by atoms with Crippen LogP contribution in [-0.4, -0.2) is 35.2 Å². The topological polar surface area (TPSA) is 122 Å². The highest BCUT2D eigenvalue weighted by Crippen LogP contribution is 2.39. The number of amides is 5. The van der Waals surface area contributed by atoms with Crippen molar-refractivity contribution in [3.05, 3.63) is 50.9 Å². The predicted octanol–water partition coefficient (Wildman–Crippen LogP) is 2.78. The van der Waals surface area contributed by atoms with Gasteiger partial charge in [-0.05, 0) is 48.9 Å². The molecule has 1 atom stereocenters. The van der Waals surface area contributed by atoms with Crippen LogP contribution < -0.4 is 16.4 Å². The van der Waals surface area contributed by atoms with Crippen LogP contribution in [0.25, 0.3) is 0 Å². The van der Waals surface area contributed by atoms with Crippen molar-refractivity contribution in [3.63, 3.8) is 0 Å². The van der Waals surface area contributed by atoms with Crippen molar-refractivity contribution >= 4 is 51.7 Å². The van der Waals surface area contributed by atoms with E-state index in [9.17, 15) is 19.2 Å². The fourth-order valence-electron chi connectivity index (χ4n) is 4.21. The SMILES string of the molecule is CC[C@]1(c2ccc(Cl)cc2)NC(=O)N(CC(=O)Nc2sc3c(c2C(N)=O)CCC3)C1=O. The molecule has 0 radical (unpaired) electrons. The summed E-state index contributed by atoms with van der Waals surface area (Å²) in [5, 5.41) is 6.27. The number of primary amides is 1. The summed E-state index contributed by atoms with van der Waals surface area (Å²) in [7, 11) is 0. The van der Waals surface area contributed by atoms with E-state index in [1.54, 1.807) is 31.2 Å². The molecule has 0 saturated carbocycles. The van der Waals surface area contributed by atoms with Crippen LogP contribution >= 0.6 is 22.9 Å². The third kappa shape index (κ3) is 3.57. The number of fused-ring (bicyclic) bond motifs is 1. The molecule has 31 heavy (non-hydrogen) atoms. The number of nitrogens with two attached hydrogens (primary N) is 1. The first kappa shape index (κ1) is 21.3. The standard InChI is InChI=1S/C21H21ClN4O4S/c1-2-21(11-6-8-12(22)9-7-11)19(29)26(20(30)25-21)10-15(27)24-18-16(17(23)28)13-4-3-5-14(13)31-18/h6-9H,2-5,10H2,1H3,(H2,23,28)(H,24,27)(H,25,30)/t21-/m1/s1. The zero-order valence-electron chi connectivity index (χ0n) is 16.8. The molecule has 1 saturated heterocycles. The first-order valence-electron chi connectivity index (χ1n) is 9.91. The summed E-state index contributed by atoms with van der Waals surface area (Å²) >= 11 is 7.26. The van der Waals surface area contributed by atoms with Crippen LogP contribution in [0.2, 0.25) is 5.02 Å². The maximum absolute atomic E-state index is 13.2. The number of rotatable bonds is 6. The van der Waals surface area contributed by atoms with Gasteiger partial charge in [-0.15, -0.1) is 11.3 Å². The number of aryl methyl sites for hydroxylation is 1. The van der Waals surface area contributed by atoms with Crippen LogP contribution in [0.1, 0.15) is 46.1 Å². The number of nitrogens with one attached hydrogen (secondary N) is 2. The average Bonchev–Trinajstić information content (AvgIpc) is 3.36. The highest BCUT2D eigenvalue weighted by Gasteiger charge is 2.51. The summed E-state index contributed by atoms with van der Waals surface area (Å²) < 4.78 is 0. The molecule has 4 N–H and O–H groups in total. The van der Waals surface area contributed by atoms with Crippen molar-refractivity contribution in [2.24, 2.45) is 5.73 Å². The zero-order chi connectivity index (χ0) is 22.3. The fourth-order valence-corrected chi connectivity index (χ4v) is 5.64. The van der Waals surface area contributed by atoms with Gasteiger partial charge in [0.2, 0.25) is 5.91 Å². The Morgan fingerprint density at radius 3 is 2.61 bits per heavy atom. The van der Waals surface area contributed by atoms with E-state index in [2.05, 4.69) is 10.6 Å². The molecule has 2 heterocycles. The molecule has 0 unspecified atom stereocenters. The number of urea groups is 1. The van der Waals surface area contributed by atoms with E-state index in [0.717, 1.165) is 34.6 Å². The summed E-state index contributed by atoms with van der Waals surface area (Å²) in [6, 6.07) is 6.00. The molecule has 1 aliphatic carbocycles.